The predicted molar refractivity (Wildman–Crippen MR) is 88.7 cm³/mol. The van der Waals surface area contributed by atoms with E-state index in [-0.39, 0.29) is 18.8 Å². The van der Waals surface area contributed by atoms with Crippen molar-refractivity contribution in [2.75, 3.05) is 19.8 Å². The summed E-state index contributed by atoms with van der Waals surface area (Å²) in [5.41, 5.74) is 0.266. The molecule has 0 radical (unpaired) electrons. The van der Waals surface area contributed by atoms with E-state index >= 15 is 0 Å². The van der Waals surface area contributed by atoms with Gasteiger partial charge < -0.3 is 18.9 Å². The van der Waals surface area contributed by atoms with Crippen molar-refractivity contribution >= 4 is 11.9 Å². The lowest BCUT2D eigenvalue weighted by Gasteiger charge is -2.13. The maximum atomic E-state index is 12.3. The van der Waals surface area contributed by atoms with Crippen LogP contribution >= 0.6 is 0 Å². The van der Waals surface area contributed by atoms with Gasteiger partial charge in [0.15, 0.2) is 0 Å². The second-order valence-electron chi connectivity index (χ2n) is 5.36. The van der Waals surface area contributed by atoms with Crippen LogP contribution in [-0.4, -0.2) is 37.9 Å². The van der Waals surface area contributed by atoms with Gasteiger partial charge in [0.1, 0.15) is 30.3 Å². The summed E-state index contributed by atoms with van der Waals surface area (Å²) in [6, 6.07) is 16.1. The van der Waals surface area contributed by atoms with Crippen molar-refractivity contribution in [2.45, 2.75) is 12.5 Å². The zero-order chi connectivity index (χ0) is 17.5. The number of carbonyl (C=O) groups is 2. The van der Waals surface area contributed by atoms with Crippen LogP contribution in [0.1, 0.15) is 16.8 Å². The standard InChI is InChI=1S/C19H18O6/c20-18(25-17-10-11-24-19(17)21)15-8-4-5-9-16(15)23-13-12-22-14-6-2-1-3-7-14/h1-9,17H,10-13H2. The number of benzene rings is 2. The third-order valence-corrected chi connectivity index (χ3v) is 3.60. The second-order valence-corrected chi connectivity index (χ2v) is 5.36. The molecule has 1 unspecified atom stereocenters. The van der Waals surface area contributed by atoms with Gasteiger partial charge in [0.05, 0.1) is 6.61 Å². The Morgan fingerprint density at radius 1 is 1.00 bits per heavy atom. The molecule has 1 atom stereocenters. The van der Waals surface area contributed by atoms with Crippen LogP contribution in [0, 0.1) is 0 Å². The number of rotatable bonds is 7. The summed E-state index contributed by atoms with van der Waals surface area (Å²) in [5.74, 6) is 0.0144. The molecule has 0 saturated carbocycles. The predicted octanol–water partition coefficient (Wildman–Crippen LogP) is 2.62. The highest BCUT2D eigenvalue weighted by atomic mass is 16.6. The lowest BCUT2D eigenvalue weighted by molar-refractivity contribution is -0.145. The first-order valence-electron chi connectivity index (χ1n) is 8.01. The van der Waals surface area contributed by atoms with Crippen molar-refractivity contribution in [1.29, 1.82) is 0 Å². The minimum Gasteiger partial charge on any atom is -0.490 e. The number of carbonyl (C=O) groups excluding carboxylic acids is 2. The van der Waals surface area contributed by atoms with E-state index in [0.717, 1.165) is 5.75 Å². The average Bonchev–Trinajstić information content (AvgIpc) is 3.04. The number of para-hydroxylation sites is 2. The Kier molecular flexibility index (Phi) is 5.51. The zero-order valence-corrected chi connectivity index (χ0v) is 13.6. The van der Waals surface area contributed by atoms with E-state index in [2.05, 4.69) is 0 Å². The van der Waals surface area contributed by atoms with E-state index in [1.807, 2.05) is 30.3 Å². The molecule has 0 aliphatic carbocycles. The van der Waals surface area contributed by atoms with Crippen LogP contribution < -0.4 is 9.47 Å². The van der Waals surface area contributed by atoms with Crippen LogP contribution in [0.2, 0.25) is 0 Å². The van der Waals surface area contributed by atoms with E-state index in [4.69, 9.17) is 18.9 Å². The maximum Gasteiger partial charge on any atom is 0.347 e. The number of hydrogen-bond acceptors (Lipinski definition) is 6. The Bertz CT molecular complexity index is 728. The molecule has 1 heterocycles. The Balaban J connectivity index is 1.55. The number of hydrogen-bond donors (Lipinski definition) is 0. The van der Waals surface area contributed by atoms with Gasteiger partial charge in [0.2, 0.25) is 6.10 Å². The topological polar surface area (TPSA) is 71.1 Å². The maximum absolute atomic E-state index is 12.3. The summed E-state index contributed by atoms with van der Waals surface area (Å²) in [7, 11) is 0. The first-order valence-corrected chi connectivity index (χ1v) is 8.01. The normalized spacial score (nSPS) is 16.2. The molecule has 3 rings (SSSR count). The third kappa shape index (κ3) is 4.50. The van der Waals surface area contributed by atoms with Crippen LogP contribution in [0.3, 0.4) is 0 Å². The molecule has 0 aromatic heterocycles. The molecule has 1 aliphatic rings. The van der Waals surface area contributed by atoms with E-state index in [0.29, 0.717) is 18.8 Å². The highest BCUT2D eigenvalue weighted by Crippen LogP contribution is 2.21. The molecule has 0 spiro atoms. The Morgan fingerprint density at radius 2 is 1.72 bits per heavy atom. The molecular formula is C19H18O6. The molecule has 0 amide bonds. The van der Waals surface area contributed by atoms with Crippen LogP contribution in [0.15, 0.2) is 54.6 Å². The molecule has 6 nitrogen and oxygen atoms in total. The van der Waals surface area contributed by atoms with Crippen molar-refractivity contribution in [3.8, 4) is 11.5 Å². The minimum absolute atomic E-state index is 0.266. The molecule has 1 saturated heterocycles. The van der Waals surface area contributed by atoms with Crippen molar-refractivity contribution in [2.24, 2.45) is 0 Å². The Hall–Kier alpha value is -3.02. The third-order valence-electron chi connectivity index (χ3n) is 3.60. The Labute approximate surface area is 145 Å². The fourth-order valence-electron chi connectivity index (χ4n) is 2.37. The summed E-state index contributed by atoms with van der Waals surface area (Å²) in [6.07, 6.45) is -0.472. The second kappa shape index (κ2) is 8.19. The molecule has 6 heteroatoms. The van der Waals surface area contributed by atoms with Crippen molar-refractivity contribution in [3.05, 3.63) is 60.2 Å². The molecule has 2 aromatic rings. The summed E-state index contributed by atoms with van der Waals surface area (Å²) >= 11 is 0. The van der Waals surface area contributed by atoms with Crippen LogP contribution in [0.25, 0.3) is 0 Å². The van der Waals surface area contributed by atoms with Gasteiger partial charge in [0.25, 0.3) is 0 Å². The van der Waals surface area contributed by atoms with Crippen LogP contribution in [0.4, 0.5) is 0 Å². The van der Waals surface area contributed by atoms with Gasteiger partial charge in [0, 0.05) is 6.42 Å². The molecule has 1 aliphatic heterocycles. The zero-order valence-electron chi connectivity index (χ0n) is 13.6. The molecule has 0 N–H and O–H groups in total. The van der Waals surface area contributed by atoms with Crippen LogP contribution in [0.5, 0.6) is 11.5 Å². The molecule has 130 valence electrons. The molecular weight excluding hydrogens is 324 g/mol. The fraction of sp³-hybridized carbons (Fsp3) is 0.263. The van der Waals surface area contributed by atoms with Gasteiger partial charge in [-0.15, -0.1) is 0 Å². The quantitative estimate of drug-likeness (QED) is 0.569. The molecule has 2 aromatic carbocycles. The summed E-state index contributed by atoms with van der Waals surface area (Å²) in [6.45, 7) is 0.874. The average molecular weight is 342 g/mol. The summed E-state index contributed by atoms with van der Waals surface area (Å²) in [4.78, 5) is 23.7. The number of cyclic esters (lactones) is 1. The first-order chi connectivity index (χ1) is 12.2. The van der Waals surface area contributed by atoms with E-state index < -0.39 is 18.0 Å². The van der Waals surface area contributed by atoms with Crippen molar-refractivity contribution in [3.63, 3.8) is 0 Å². The van der Waals surface area contributed by atoms with Gasteiger partial charge in [-0.1, -0.05) is 30.3 Å². The Morgan fingerprint density at radius 3 is 2.48 bits per heavy atom. The summed E-state index contributed by atoms with van der Waals surface area (Å²) in [5, 5.41) is 0. The van der Waals surface area contributed by atoms with E-state index in [1.165, 1.54) is 0 Å². The number of ether oxygens (including phenoxy) is 4. The minimum atomic E-state index is -0.845. The van der Waals surface area contributed by atoms with Crippen LogP contribution in [-0.2, 0) is 14.3 Å². The lowest BCUT2D eigenvalue weighted by atomic mass is 10.2. The van der Waals surface area contributed by atoms with Gasteiger partial charge in [-0.2, -0.15) is 0 Å². The first kappa shape index (κ1) is 16.8. The summed E-state index contributed by atoms with van der Waals surface area (Å²) < 4.78 is 21.2. The van der Waals surface area contributed by atoms with E-state index in [9.17, 15) is 9.59 Å². The number of esters is 2. The molecule has 25 heavy (non-hydrogen) atoms. The molecule has 1 fully saturated rings. The van der Waals surface area contributed by atoms with Gasteiger partial charge in [-0.3, -0.25) is 0 Å². The lowest BCUT2D eigenvalue weighted by Crippen LogP contribution is -2.23. The van der Waals surface area contributed by atoms with Gasteiger partial charge >= 0.3 is 11.9 Å². The highest BCUT2D eigenvalue weighted by Gasteiger charge is 2.31. The monoisotopic (exact) mass is 342 g/mol. The van der Waals surface area contributed by atoms with Gasteiger partial charge in [-0.25, -0.2) is 9.59 Å². The van der Waals surface area contributed by atoms with Crippen molar-refractivity contribution in [1.82, 2.24) is 0 Å². The van der Waals surface area contributed by atoms with Gasteiger partial charge in [-0.05, 0) is 24.3 Å². The fourth-order valence-corrected chi connectivity index (χ4v) is 2.37. The van der Waals surface area contributed by atoms with Crippen molar-refractivity contribution < 1.29 is 28.5 Å². The molecule has 0 bridgehead atoms. The highest BCUT2D eigenvalue weighted by molar-refractivity contribution is 5.94. The largest absolute Gasteiger partial charge is 0.490 e. The smallest absolute Gasteiger partial charge is 0.347 e. The van der Waals surface area contributed by atoms with E-state index in [1.54, 1.807) is 24.3 Å². The SMILES string of the molecule is O=C(OC1CCOC1=O)c1ccccc1OCCOc1ccccc1.